The van der Waals surface area contributed by atoms with Crippen LogP contribution in [0.5, 0.6) is 0 Å². The van der Waals surface area contributed by atoms with Crippen molar-refractivity contribution in [1.29, 1.82) is 0 Å². The van der Waals surface area contributed by atoms with E-state index in [1.807, 2.05) is 0 Å². The van der Waals surface area contributed by atoms with Gasteiger partial charge in [-0.15, -0.1) is 0 Å². The van der Waals surface area contributed by atoms with Crippen molar-refractivity contribution in [2.75, 3.05) is 0 Å². The van der Waals surface area contributed by atoms with Gasteiger partial charge in [0, 0.05) is 23.1 Å². The zero-order valence-electron chi connectivity index (χ0n) is 2.17. The lowest BCUT2D eigenvalue weighted by Gasteiger charge is -1.33. The lowest BCUT2D eigenvalue weighted by Crippen LogP contribution is -1.30. The van der Waals surface area contributed by atoms with Crippen LogP contribution in [0.2, 0.25) is 0 Å². The molecule has 0 aliphatic heterocycles. The van der Waals surface area contributed by atoms with Gasteiger partial charge in [-0.2, -0.15) is 0 Å². The molecule has 0 saturated heterocycles. The topological polar surface area (TPSA) is 0 Å². The van der Waals surface area contributed by atoms with E-state index in [4.69, 9.17) is 0 Å². The Morgan fingerprint density at radius 1 is 1.25 bits per heavy atom. The maximum absolute atomic E-state index is 2.41. The van der Waals surface area contributed by atoms with E-state index >= 15 is 0 Å². The van der Waals surface area contributed by atoms with Crippen LogP contribution in [-0.2, 0) is 0 Å². The molecule has 2 radical (unpaired) electrons. The normalized spacial score (nSPS) is 2.50. The first-order chi connectivity index (χ1) is 1.41. The van der Waals surface area contributed by atoms with Crippen LogP contribution in [0.25, 0.3) is 0 Å². The molecule has 0 unspecified atom stereocenters. The maximum atomic E-state index is 2.41. The van der Waals surface area contributed by atoms with Gasteiger partial charge in [0.2, 0.25) is 0 Å². The summed E-state index contributed by atoms with van der Waals surface area (Å²) in [5.41, 5.74) is 0. The zero-order valence-corrected chi connectivity index (χ0v) is 9.31. The molecule has 0 saturated carbocycles. The fourth-order valence-electron chi connectivity index (χ4n) is 0. The first-order valence-corrected chi connectivity index (χ1v) is 10.8. The standard InChI is InChI=1S/2HI.2Mg/h2*1H;;/q;;;+2/p-2. The van der Waals surface area contributed by atoms with E-state index in [1.165, 1.54) is 0 Å². The Bertz CT molecular complexity index is 4.00. The van der Waals surface area contributed by atoms with Gasteiger partial charge in [-0.3, -0.25) is 37.7 Å². The van der Waals surface area contributed by atoms with E-state index in [2.05, 4.69) is 37.7 Å². The van der Waals surface area contributed by atoms with E-state index in [-0.39, 0.29) is 23.1 Å². The molecule has 0 nitrogen and oxygen atoms in total. The molecule has 0 aliphatic rings. The highest BCUT2D eigenvalue weighted by Gasteiger charge is 1.61. The molecule has 0 rings (SSSR count). The van der Waals surface area contributed by atoms with E-state index < -0.39 is 0 Å². The van der Waals surface area contributed by atoms with Crippen molar-refractivity contribution in [2.45, 2.75) is 0 Å². The quantitative estimate of drug-likeness (QED) is 0.463. The minimum Gasteiger partial charge on any atom is -0.276 e. The van der Waals surface area contributed by atoms with Gasteiger partial charge < -0.3 is 0 Å². The van der Waals surface area contributed by atoms with Crippen molar-refractivity contribution in [3.8, 4) is 0 Å². The number of hydrogen-bond donors (Lipinski definition) is 0. The first-order valence-electron chi connectivity index (χ1n) is 0.535. The zero-order chi connectivity index (χ0) is 2.71. The lowest BCUT2D eigenvalue weighted by atomic mass is 24.3. The second kappa shape index (κ2) is 9.37. The largest absolute Gasteiger partial charge is 0.552 e. The van der Waals surface area contributed by atoms with Crippen molar-refractivity contribution in [3.05, 3.63) is 0 Å². The summed E-state index contributed by atoms with van der Waals surface area (Å²) in [5.74, 6) is 0. The molecule has 0 amide bonds. The van der Waals surface area contributed by atoms with Gasteiger partial charge in [0.25, 0.3) is 0 Å². The minimum absolute atomic E-state index is 0. The summed E-state index contributed by atoms with van der Waals surface area (Å²) in [6, 6.07) is 0. The molecule has 4 heavy (non-hydrogen) atoms. The van der Waals surface area contributed by atoms with Crippen LogP contribution in [0.15, 0.2) is 0 Å². The summed E-state index contributed by atoms with van der Waals surface area (Å²) < 4.78 is 0. The third-order valence-electron chi connectivity index (χ3n) is 0. The molecule has 0 N–H and O–H groups in total. The predicted molar refractivity (Wildman–Crippen MR) is 39.5 cm³/mol. The smallest absolute Gasteiger partial charge is 0.276 e. The molecule has 0 heterocycles. The van der Waals surface area contributed by atoms with E-state index in [9.17, 15) is 0 Å². The fraction of sp³-hybridized carbons (Fsp3) is 0. The third-order valence-corrected chi connectivity index (χ3v) is 0. The van der Waals surface area contributed by atoms with Crippen LogP contribution in [0, 0.1) is 0 Å². The monoisotopic (exact) mass is 302 g/mol. The molecule has 0 fully saturated rings. The van der Waals surface area contributed by atoms with Gasteiger partial charge in [-0.25, -0.2) is 0 Å². The van der Waals surface area contributed by atoms with Crippen molar-refractivity contribution in [3.63, 3.8) is 0 Å². The summed E-state index contributed by atoms with van der Waals surface area (Å²) in [4.78, 5) is 0. The summed E-state index contributed by atoms with van der Waals surface area (Å²) in [6.07, 6.45) is 0. The van der Waals surface area contributed by atoms with Gasteiger partial charge >= 0.3 is 12.6 Å². The van der Waals surface area contributed by atoms with Crippen LogP contribution in [0.1, 0.15) is 0 Å². The fourth-order valence-corrected chi connectivity index (χ4v) is 0. The van der Waals surface area contributed by atoms with Gasteiger partial charge in [0.15, 0.2) is 0 Å². The maximum Gasteiger partial charge on any atom is 0.552 e. The second-order valence-electron chi connectivity index (χ2n) is 0.101. The molecule has 0 spiro atoms. The number of halogens is 2. The molecule has 0 aromatic heterocycles. The van der Waals surface area contributed by atoms with Crippen molar-refractivity contribution < 1.29 is 0 Å². The van der Waals surface area contributed by atoms with Gasteiger partial charge in [-0.05, 0) is 0 Å². The van der Waals surface area contributed by atoms with Crippen molar-refractivity contribution in [2.24, 2.45) is 0 Å². The number of hydrogen-bond acceptors (Lipinski definition) is 0. The molecule has 0 bridgehead atoms. The summed E-state index contributed by atoms with van der Waals surface area (Å²) in [6.45, 7) is 0. The Hall–Kier alpha value is 2.99. The molecule has 4 heteroatoms. The van der Waals surface area contributed by atoms with Crippen LogP contribution >= 0.6 is 37.7 Å². The number of rotatable bonds is 0. The Morgan fingerprint density at radius 3 is 1.25 bits per heavy atom. The van der Waals surface area contributed by atoms with Crippen molar-refractivity contribution in [1.82, 2.24) is 0 Å². The Labute approximate surface area is 71.5 Å². The van der Waals surface area contributed by atoms with Crippen molar-refractivity contribution >= 4 is 73.4 Å². The molecule has 18 valence electrons. The third kappa shape index (κ3) is 8.89. The van der Waals surface area contributed by atoms with Crippen LogP contribution < -0.4 is 0 Å². The molecule has 0 aliphatic carbocycles. The average Bonchev–Trinajstić information content (AvgIpc) is 0.918. The predicted octanol–water partition coefficient (Wildman–Crippen LogP) is 1.01. The van der Waals surface area contributed by atoms with E-state index in [0.29, 0.717) is 12.6 Å². The average molecular weight is 302 g/mol. The van der Waals surface area contributed by atoms with Crippen LogP contribution in [0.3, 0.4) is 0 Å². The molecular formula is I2Mg2. The second-order valence-corrected chi connectivity index (χ2v) is 13.6. The molecular weight excluding hydrogens is 302 g/mol. The Balaban J connectivity index is 0. The molecule has 0 aromatic carbocycles. The molecule has 0 aromatic rings. The summed E-state index contributed by atoms with van der Waals surface area (Å²) >= 11 is 5.18. The highest BCUT2D eigenvalue weighted by molar-refractivity contribution is 14.3. The lowest BCUT2D eigenvalue weighted by molar-refractivity contribution is 5.52. The van der Waals surface area contributed by atoms with Gasteiger partial charge in [0.05, 0.1) is 0 Å². The van der Waals surface area contributed by atoms with E-state index in [1.54, 1.807) is 0 Å². The first kappa shape index (κ1) is 10.1. The van der Waals surface area contributed by atoms with Gasteiger partial charge in [0.1, 0.15) is 0 Å². The highest BCUT2D eigenvalue weighted by atomic mass is 127. The minimum atomic E-state index is 0. The van der Waals surface area contributed by atoms with Gasteiger partial charge in [-0.1, -0.05) is 0 Å². The van der Waals surface area contributed by atoms with Crippen LogP contribution in [0.4, 0.5) is 0 Å². The SMILES string of the molecule is [I][Mg][I].[Mg]. The summed E-state index contributed by atoms with van der Waals surface area (Å²) in [5, 5.41) is 0. The van der Waals surface area contributed by atoms with E-state index in [0.717, 1.165) is 0 Å². The highest BCUT2D eigenvalue weighted by Crippen LogP contribution is 1.80. The Kier molecular flexibility index (Phi) is 23.6. The Morgan fingerprint density at radius 2 is 1.25 bits per heavy atom. The molecule has 0 atom stereocenters. The van der Waals surface area contributed by atoms with Crippen LogP contribution in [-0.4, -0.2) is 35.7 Å². The summed E-state index contributed by atoms with van der Waals surface area (Å²) in [7, 11) is 0.